The monoisotopic (exact) mass is 218 g/mol. The van der Waals surface area contributed by atoms with E-state index in [1.165, 1.54) is 5.56 Å². The van der Waals surface area contributed by atoms with Gasteiger partial charge in [0.25, 0.3) is 0 Å². The minimum absolute atomic E-state index is 0.0855. The van der Waals surface area contributed by atoms with Gasteiger partial charge in [0.05, 0.1) is 0 Å². The number of benzene rings is 1. The van der Waals surface area contributed by atoms with Gasteiger partial charge in [-0.2, -0.15) is 0 Å². The van der Waals surface area contributed by atoms with Crippen LogP contribution in [0.1, 0.15) is 32.8 Å². The molecule has 0 aromatic heterocycles. The first-order valence-corrected chi connectivity index (χ1v) is 5.60. The zero-order valence-corrected chi connectivity index (χ0v) is 10.1. The minimum Gasteiger partial charge on any atom is -0.399 e. The lowest BCUT2D eigenvalue weighted by Crippen LogP contribution is -2.39. The molecule has 2 rings (SSSR count). The Morgan fingerprint density at radius 3 is 2.75 bits per heavy atom. The molecule has 1 aromatic carbocycles. The summed E-state index contributed by atoms with van der Waals surface area (Å²) in [7, 11) is 0. The van der Waals surface area contributed by atoms with Gasteiger partial charge in [-0.25, -0.2) is 0 Å². The summed E-state index contributed by atoms with van der Waals surface area (Å²) < 4.78 is 0. The standard InChI is InChI=1S/C13H18N2O/c1-9(16)15-7-6-13(2,3)11-5-4-10(14)8-12(11)15/h4-5,8H,6-7,14H2,1-3H3. The highest BCUT2D eigenvalue weighted by Gasteiger charge is 2.32. The van der Waals surface area contributed by atoms with E-state index in [4.69, 9.17) is 5.73 Å². The maximum atomic E-state index is 11.6. The first kappa shape index (κ1) is 11.0. The molecule has 0 aliphatic carbocycles. The number of hydrogen-bond donors (Lipinski definition) is 1. The quantitative estimate of drug-likeness (QED) is 0.679. The Labute approximate surface area is 96.2 Å². The van der Waals surface area contributed by atoms with Gasteiger partial charge in [0.2, 0.25) is 5.91 Å². The molecule has 0 atom stereocenters. The number of anilines is 2. The van der Waals surface area contributed by atoms with Crippen LogP contribution in [0.4, 0.5) is 11.4 Å². The summed E-state index contributed by atoms with van der Waals surface area (Å²) in [4.78, 5) is 13.4. The fraction of sp³-hybridized carbons (Fsp3) is 0.462. The molecule has 0 fully saturated rings. The van der Waals surface area contributed by atoms with Crippen molar-refractivity contribution in [2.45, 2.75) is 32.6 Å². The molecule has 1 heterocycles. The zero-order valence-electron chi connectivity index (χ0n) is 10.1. The molecule has 3 nitrogen and oxygen atoms in total. The first-order valence-electron chi connectivity index (χ1n) is 5.60. The molecule has 0 saturated heterocycles. The largest absolute Gasteiger partial charge is 0.399 e. The van der Waals surface area contributed by atoms with E-state index in [0.717, 1.165) is 18.7 Å². The van der Waals surface area contributed by atoms with Crippen molar-refractivity contribution >= 4 is 17.3 Å². The number of rotatable bonds is 0. The summed E-state index contributed by atoms with van der Waals surface area (Å²) in [6.45, 7) is 6.79. The average molecular weight is 218 g/mol. The van der Waals surface area contributed by atoms with Crippen molar-refractivity contribution in [2.75, 3.05) is 17.2 Å². The molecule has 2 N–H and O–H groups in total. The Morgan fingerprint density at radius 1 is 1.44 bits per heavy atom. The predicted molar refractivity (Wildman–Crippen MR) is 66.5 cm³/mol. The SMILES string of the molecule is CC(=O)N1CCC(C)(C)c2ccc(N)cc21. The molecular weight excluding hydrogens is 200 g/mol. The summed E-state index contributed by atoms with van der Waals surface area (Å²) in [6, 6.07) is 5.85. The zero-order chi connectivity index (χ0) is 11.9. The molecule has 16 heavy (non-hydrogen) atoms. The van der Waals surface area contributed by atoms with Crippen molar-refractivity contribution in [2.24, 2.45) is 0 Å². The van der Waals surface area contributed by atoms with Crippen LogP contribution in [0.3, 0.4) is 0 Å². The fourth-order valence-electron chi connectivity index (χ4n) is 2.32. The molecule has 0 saturated carbocycles. The summed E-state index contributed by atoms with van der Waals surface area (Å²) in [5.74, 6) is 0.0855. The lowest BCUT2D eigenvalue weighted by molar-refractivity contribution is -0.116. The Kier molecular flexibility index (Phi) is 2.41. The molecule has 1 aromatic rings. The maximum Gasteiger partial charge on any atom is 0.223 e. The van der Waals surface area contributed by atoms with Gasteiger partial charge in [0.15, 0.2) is 0 Å². The van der Waals surface area contributed by atoms with Crippen LogP contribution >= 0.6 is 0 Å². The van der Waals surface area contributed by atoms with E-state index in [2.05, 4.69) is 13.8 Å². The molecule has 1 aliphatic rings. The number of nitrogens with zero attached hydrogens (tertiary/aromatic N) is 1. The van der Waals surface area contributed by atoms with Crippen LogP contribution in [0, 0.1) is 0 Å². The summed E-state index contributed by atoms with van der Waals surface area (Å²) >= 11 is 0. The molecule has 0 unspecified atom stereocenters. The van der Waals surface area contributed by atoms with Crippen molar-refractivity contribution in [3.05, 3.63) is 23.8 Å². The van der Waals surface area contributed by atoms with Crippen molar-refractivity contribution in [3.63, 3.8) is 0 Å². The lowest BCUT2D eigenvalue weighted by atomic mass is 9.77. The number of nitrogen functional groups attached to an aromatic ring is 1. The van der Waals surface area contributed by atoms with Crippen LogP contribution in [0.2, 0.25) is 0 Å². The molecule has 0 bridgehead atoms. The van der Waals surface area contributed by atoms with E-state index < -0.39 is 0 Å². The fourth-order valence-corrected chi connectivity index (χ4v) is 2.32. The number of carbonyl (C=O) groups is 1. The smallest absolute Gasteiger partial charge is 0.223 e. The number of hydrogen-bond acceptors (Lipinski definition) is 2. The van der Waals surface area contributed by atoms with Gasteiger partial charge < -0.3 is 10.6 Å². The maximum absolute atomic E-state index is 11.6. The Morgan fingerprint density at radius 2 is 2.12 bits per heavy atom. The second-order valence-electron chi connectivity index (χ2n) is 5.08. The van der Waals surface area contributed by atoms with Crippen LogP contribution in [0.15, 0.2) is 18.2 Å². The number of fused-ring (bicyclic) bond motifs is 1. The Bertz CT molecular complexity index is 438. The minimum atomic E-state index is 0.0855. The molecule has 1 aliphatic heterocycles. The predicted octanol–water partition coefficient (Wildman–Crippen LogP) is 2.30. The van der Waals surface area contributed by atoms with Crippen molar-refractivity contribution in [3.8, 4) is 0 Å². The van der Waals surface area contributed by atoms with E-state index in [1.807, 2.05) is 23.1 Å². The van der Waals surface area contributed by atoms with Crippen molar-refractivity contribution in [1.82, 2.24) is 0 Å². The second-order valence-corrected chi connectivity index (χ2v) is 5.08. The van der Waals surface area contributed by atoms with Gasteiger partial charge in [-0.3, -0.25) is 4.79 Å². The highest BCUT2D eigenvalue weighted by Crippen LogP contribution is 2.40. The van der Waals surface area contributed by atoms with Gasteiger partial charge in [-0.15, -0.1) is 0 Å². The van der Waals surface area contributed by atoms with E-state index in [1.54, 1.807) is 6.92 Å². The first-order chi connectivity index (χ1) is 7.42. The topological polar surface area (TPSA) is 46.3 Å². The molecule has 1 amide bonds. The van der Waals surface area contributed by atoms with E-state index in [9.17, 15) is 4.79 Å². The molecular formula is C13H18N2O. The third-order valence-corrected chi connectivity index (χ3v) is 3.38. The highest BCUT2D eigenvalue weighted by molar-refractivity contribution is 5.93. The third-order valence-electron chi connectivity index (χ3n) is 3.38. The Balaban J connectivity index is 2.58. The lowest BCUT2D eigenvalue weighted by Gasteiger charge is -2.38. The van der Waals surface area contributed by atoms with E-state index in [-0.39, 0.29) is 11.3 Å². The van der Waals surface area contributed by atoms with Crippen LogP contribution < -0.4 is 10.6 Å². The van der Waals surface area contributed by atoms with Crippen molar-refractivity contribution in [1.29, 1.82) is 0 Å². The van der Waals surface area contributed by atoms with Gasteiger partial charge in [-0.1, -0.05) is 19.9 Å². The normalized spacial score (nSPS) is 18.1. The van der Waals surface area contributed by atoms with Gasteiger partial charge in [0.1, 0.15) is 0 Å². The van der Waals surface area contributed by atoms with Crippen LogP contribution in [0.5, 0.6) is 0 Å². The second kappa shape index (κ2) is 3.51. The third kappa shape index (κ3) is 1.66. The summed E-state index contributed by atoms with van der Waals surface area (Å²) in [5.41, 5.74) is 8.81. The van der Waals surface area contributed by atoms with Gasteiger partial charge in [-0.05, 0) is 29.5 Å². The molecule has 86 valence electrons. The van der Waals surface area contributed by atoms with Crippen LogP contribution in [0.25, 0.3) is 0 Å². The summed E-state index contributed by atoms with van der Waals surface area (Å²) in [5, 5.41) is 0. The van der Waals surface area contributed by atoms with Crippen LogP contribution in [-0.2, 0) is 10.2 Å². The van der Waals surface area contributed by atoms with Gasteiger partial charge >= 0.3 is 0 Å². The van der Waals surface area contributed by atoms with Crippen molar-refractivity contribution < 1.29 is 4.79 Å². The Hall–Kier alpha value is -1.51. The van der Waals surface area contributed by atoms with Crippen LogP contribution in [-0.4, -0.2) is 12.5 Å². The molecule has 3 heteroatoms. The highest BCUT2D eigenvalue weighted by atomic mass is 16.2. The summed E-state index contributed by atoms with van der Waals surface area (Å²) in [6.07, 6.45) is 0.990. The average Bonchev–Trinajstić information content (AvgIpc) is 2.16. The number of amides is 1. The van der Waals surface area contributed by atoms with E-state index in [0.29, 0.717) is 5.69 Å². The number of nitrogens with two attached hydrogens (primary N) is 1. The molecule has 0 radical (unpaired) electrons. The number of carbonyl (C=O) groups excluding carboxylic acids is 1. The van der Waals surface area contributed by atoms with E-state index >= 15 is 0 Å². The van der Waals surface area contributed by atoms with Gasteiger partial charge in [0, 0.05) is 24.8 Å². The molecule has 0 spiro atoms.